The van der Waals surface area contributed by atoms with Gasteiger partial charge in [0.1, 0.15) is 0 Å². The SMILES string of the molecule is COc1nccnc1NS(=O)(=O)c1ccc(NC(=S)NC(=O)Cc2ccccc2)cc1. The van der Waals surface area contributed by atoms with E-state index in [1.165, 1.54) is 43.8 Å². The molecule has 1 amide bonds. The van der Waals surface area contributed by atoms with Crippen LogP contribution in [0.25, 0.3) is 0 Å². The highest BCUT2D eigenvalue weighted by molar-refractivity contribution is 7.92. The van der Waals surface area contributed by atoms with Crippen molar-refractivity contribution in [3.05, 3.63) is 72.6 Å². The Kier molecular flexibility index (Phi) is 7.11. The molecule has 0 fully saturated rings. The third kappa shape index (κ3) is 6.20. The Hall–Kier alpha value is -3.57. The van der Waals surface area contributed by atoms with Crippen molar-refractivity contribution in [1.82, 2.24) is 15.3 Å². The summed E-state index contributed by atoms with van der Waals surface area (Å²) in [4.78, 5) is 19.9. The third-order valence-electron chi connectivity index (χ3n) is 3.97. The molecule has 0 spiro atoms. The number of carbonyl (C=O) groups excluding carboxylic acids is 1. The molecule has 0 unspecified atom stereocenters. The molecule has 0 radical (unpaired) electrons. The van der Waals surface area contributed by atoms with Gasteiger partial charge in [-0.15, -0.1) is 0 Å². The average molecular weight is 458 g/mol. The topological polar surface area (TPSA) is 122 Å². The van der Waals surface area contributed by atoms with Crippen molar-refractivity contribution in [2.45, 2.75) is 11.3 Å². The summed E-state index contributed by atoms with van der Waals surface area (Å²) in [5.74, 6) is -0.222. The van der Waals surface area contributed by atoms with Gasteiger partial charge in [0.25, 0.3) is 15.9 Å². The first-order chi connectivity index (χ1) is 14.9. The number of carbonyl (C=O) groups is 1. The molecule has 1 heterocycles. The number of nitrogens with zero attached hydrogens (tertiary/aromatic N) is 2. The molecule has 0 saturated carbocycles. The Labute approximate surface area is 184 Å². The summed E-state index contributed by atoms with van der Waals surface area (Å²) >= 11 is 5.15. The maximum Gasteiger partial charge on any atom is 0.263 e. The number of anilines is 2. The van der Waals surface area contributed by atoms with E-state index in [1.807, 2.05) is 30.3 Å². The van der Waals surface area contributed by atoms with Gasteiger partial charge in [0.15, 0.2) is 5.11 Å². The van der Waals surface area contributed by atoms with Crippen LogP contribution in [-0.4, -0.2) is 36.5 Å². The van der Waals surface area contributed by atoms with Crippen LogP contribution in [0, 0.1) is 0 Å². The maximum atomic E-state index is 12.6. The number of aromatic nitrogens is 2. The molecule has 160 valence electrons. The molecule has 11 heteroatoms. The minimum atomic E-state index is -3.91. The summed E-state index contributed by atoms with van der Waals surface area (Å²) in [6.45, 7) is 0. The molecule has 0 saturated heterocycles. The molecule has 31 heavy (non-hydrogen) atoms. The number of hydrogen-bond donors (Lipinski definition) is 3. The van der Waals surface area contributed by atoms with Crippen molar-refractivity contribution >= 4 is 44.8 Å². The van der Waals surface area contributed by atoms with Gasteiger partial charge in [-0.2, -0.15) is 0 Å². The fourth-order valence-electron chi connectivity index (χ4n) is 2.56. The van der Waals surface area contributed by atoms with E-state index >= 15 is 0 Å². The van der Waals surface area contributed by atoms with E-state index in [4.69, 9.17) is 17.0 Å². The molecular formula is C20H19N5O4S2. The fraction of sp³-hybridized carbons (Fsp3) is 0.100. The van der Waals surface area contributed by atoms with Crippen LogP contribution in [0.5, 0.6) is 5.88 Å². The largest absolute Gasteiger partial charge is 0.478 e. The first kappa shape index (κ1) is 22.1. The Morgan fingerprint density at radius 2 is 1.71 bits per heavy atom. The summed E-state index contributed by atoms with van der Waals surface area (Å²) in [7, 11) is -2.54. The lowest BCUT2D eigenvalue weighted by Crippen LogP contribution is -2.35. The van der Waals surface area contributed by atoms with E-state index in [2.05, 4.69) is 25.3 Å². The number of rotatable bonds is 7. The lowest BCUT2D eigenvalue weighted by Gasteiger charge is -2.12. The van der Waals surface area contributed by atoms with Gasteiger partial charge >= 0.3 is 0 Å². The van der Waals surface area contributed by atoms with E-state index in [9.17, 15) is 13.2 Å². The van der Waals surface area contributed by atoms with Gasteiger partial charge in [0.2, 0.25) is 11.7 Å². The Morgan fingerprint density at radius 1 is 1.03 bits per heavy atom. The molecule has 0 aliphatic carbocycles. The maximum absolute atomic E-state index is 12.6. The van der Waals surface area contributed by atoms with E-state index in [0.29, 0.717) is 5.69 Å². The van der Waals surface area contributed by atoms with Crippen LogP contribution < -0.4 is 20.1 Å². The molecule has 0 bridgehead atoms. The molecular weight excluding hydrogens is 438 g/mol. The summed E-state index contributed by atoms with van der Waals surface area (Å²) in [5, 5.41) is 5.55. The minimum Gasteiger partial charge on any atom is -0.478 e. The number of amides is 1. The van der Waals surface area contributed by atoms with Crippen LogP contribution in [0.3, 0.4) is 0 Å². The zero-order valence-electron chi connectivity index (χ0n) is 16.4. The lowest BCUT2D eigenvalue weighted by atomic mass is 10.1. The second-order valence-corrected chi connectivity index (χ2v) is 8.30. The first-order valence-corrected chi connectivity index (χ1v) is 10.9. The highest BCUT2D eigenvalue weighted by atomic mass is 32.2. The van der Waals surface area contributed by atoms with Crippen LogP contribution in [0.2, 0.25) is 0 Å². The van der Waals surface area contributed by atoms with Gasteiger partial charge in [-0.05, 0) is 42.0 Å². The van der Waals surface area contributed by atoms with Gasteiger partial charge in [-0.1, -0.05) is 30.3 Å². The van der Waals surface area contributed by atoms with E-state index in [1.54, 1.807) is 0 Å². The quantitative estimate of drug-likeness (QED) is 0.462. The Morgan fingerprint density at radius 3 is 2.39 bits per heavy atom. The Balaban J connectivity index is 1.60. The van der Waals surface area contributed by atoms with E-state index in [0.717, 1.165) is 5.56 Å². The molecule has 1 aromatic heterocycles. The number of ether oxygens (including phenoxy) is 1. The van der Waals surface area contributed by atoms with Gasteiger partial charge < -0.3 is 15.4 Å². The summed E-state index contributed by atoms with van der Waals surface area (Å²) in [6, 6.07) is 15.1. The van der Waals surface area contributed by atoms with Gasteiger partial charge in [0, 0.05) is 18.1 Å². The summed E-state index contributed by atoms with van der Waals surface area (Å²) < 4.78 is 32.5. The number of nitrogens with one attached hydrogen (secondary N) is 3. The van der Waals surface area contributed by atoms with Crippen molar-refractivity contribution in [2.24, 2.45) is 0 Å². The molecule has 3 rings (SSSR count). The van der Waals surface area contributed by atoms with Gasteiger partial charge in [0.05, 0.1) is 18.4 Å². The number of methoxy groups -OCH3 is 1. The van der Waals surface area contributed by atoms with Crippen molar-refractivity contribution < 1.29 is 17.9 Å². The normalized spacial score (nSPS) is 10.7. The molecule has 3 N–H and O–H groups in total. The predicted molar refractivity (Wildman–Crippen MR) is 120 cm³/mol. The van der Waals surface area contributed by atoms with Crippen LogP contribution >= 0.6 is 12.2 Å². The average Bonchev–Trinajstić information content (AvgIpc) is 2.74. The minimum absolute atomic E-state index is 0.00443. The highest BCUT2D eigenvalue weighted by Gasteiger charge is 2.18. The third-order valence-corrected chi connectivity index (χ3v) is 5.53. The molecule has 0 aliphatic rings. The molecule has 2 aromatic carbocycles. The fourth-order valence-corrected chi connectivity index (χ4v) is 3.80. The predicted octanol–water partition coefficient (Wildman–Crippen LogP) is 2.34. The number of hydrogen-bond acceptors (Lipinski definition) is 7. The first-order valence-electron chi connectivity index (χ1n) is 9.00. The number of sulfonamides is 1. The van der Waals surface area contributed by atoms with Gasteiger partial charge in [-0.3, -0.25) is 9.52 Å². The second-order valence-electron chi connectivity index (χ2n) is 6.21. The lowest BCUT2D eigenvalue weighted by molar-refractivity contribution is -0.119. The zero-order chi connectivity index (χ0) is 22.3. The van der Waals surface area contributed by atoms with E-state index in [-0.39, 0.29) is 34.0 Å². The number of benzene rings is 2. The van der Waals surface area contributed by atoms with Crippen LogP contribution in [0.15, 0.2) is 71.9 Å². The number of thiocarbonyl (C=S) groups is 1. The highest BCUT2D eigenvalue weighted by Crippen LogP contribution is 2.22. The van der Waals surface area contributed by atoms with Crippen molar-refractivity contribution in [2.75, 3.05) is 17.1 Å². The van der Waals surface area contributed by atoms with Crippen LogP contribution in [0.1, 0.15) is 5.56 Å². The molecule has 3 aromatic rings. The standard InChI is InChI=1S/C20H19N5O4S2/c1-29-19-18(21-11-12-22-19)25-31(27,28)16-9-7-15(8-10-16)23-20(30)24-17(26)13-14-5-3-2-4-6-14/h2-12H,13H2,1H3,(H,21,25)(H2,23,24,26,30). The van der Waals surface area contributed by atoms with Crippen LogP contribution in [0.4, 0.5) is 11.5 Å². The van der Waals surface area contributed by atoms with Crippen molar-refractivity contribution in [1.29, 1.82) is 0 Å². The van der Waals surface area contributed by atoms with Crippen molar-refractivity contribution in [3.8, 4) is 5.88 Å². The smallest absolute Gasteiger partial charge is 0.263 e. The monoisotopic (exact) mass is 457 g/mol. The Bertz CT molecular complexity index is 1170. The molecule has 9 nitrogen and oxygen atoms in total. The van der Waals surface area contributed by atoms with Gasteiger partial charge in [-0.25, -0.2) is 18.4 Å². The van der Waals surface area contributed by atoms with E-state index < -0.39 is 10.0 Å². The zero-order valence-corrected chi connectivity index (χ0v) is 18.0. The summed E-state index contributed by atoms with van der Waals surface area (Å²) in [6.07, 6.45) is 2.93. The van der Waals surface area contributed by atoms with Crippen LogP contribution in [-0.2, 0) is 21.2 Å². The molecule has 0 aliphatic heterocycles. The summed E-state index contributed by atoms with van der Waals surface area (Å²) in [5.41, 5.74) is 1.38. The molecule has 0 atom stereocenters. The van der Waals surface area contributed by atoms with Crippen molar-refractivity contribution in [3.63, 3.8) is 0 Å². The second kappa shape index (κ2) is 9.96.